The third kappa shape index (κ3) is 3.21. The first-order valence-corrected chi connectivity index (χ1v) is 4.36. The highest BCUT2D eigenvalue weighted by Gasteiger charge is 1.96. The van der Waals surface area contributed by atoms with Gasteiger partial charge in [0.25, 0.3) is 0 Å². The van der Waals surface area contributed by atoms with Gasteiger partial charge in [-0.15, -0.1) is 0 Å². The van der Waals surface area contributed by atoms with E-state index in [0.29, 0.717) is 0 Å². The van der Waals surface area contributed by atoms with Gasteiger partial charge < -0.3 is 5.32 Å². The van der Waals surface area contributed by atoms with Gasteiger partial charge >= 0.3 is 0 Å². The zero-order valence-electron chi connectivity index (χ0n) is 7.14. The number of rotatable bonds is 4. The van der Waals surface area contributed by atoms with Crippen molar-refractivity contribution < 1.29 is 0 Å². The summed E-state index contributed by atoms with van der Waals surface area (Å²) < 4.78 is 0. The minimum Gasteiger partial charge on any atom is -0.370 e. The first-order chi connectivity index (χ1) is 5.43. The molecule has 1 N–H and O–H groups in total. The molecule has 11 heavy (non-hydrogen) atoms. The molecule has 62 valence electrons. The molecular formula is C9H16N2. The fourth-order valence-electron chi connectivity index (χ4n) is 1.14. The first kappa shape index (κ1) is 8.31. The lowest BCUT2D eigenvalue weighted by molar-refractivity contribution is 0.669. The van der Waals surface area contributed by atoms with E-state index >= 15 is 0 Å². The van der Waals surface area contributed by atoms with Crippen molar-refractivity contribution >= 4 is 6.21 Å². The Morgan fingerprint density at radius 1 is 1.55 bits per heavy atom. The molecule has 0 fully saturated rings. The van der Waals surface area contributed by atoms with Crippen LogP contribution in [0.15, 0.2) is 16.8 Å². The number of aliphatic imine (C=N–C) groups is 1. The second kappa shape index (κ2) is 4.94. The standard InChI is InChI=1S/C9H16N2/c1-2-3-4-5-9-6-7-10-8-11-9/h6-7,11H,2-5,8H2,1H3. The molecule has 0 atom stereocenters. The molecule has 0 aliphatic carbocycles. The van der Waals surface area contributed by atoms with Crippen LogP contribution >= 0.6 is 0 Å². The molecule has 1 rings (SSSR count). The zero-order valence-corrected chi connectivity index (χ0v) is 7.14. The van der Waals surface area contributed by atoms with Crippen molar-refractivity contribution in [1.82, 2.24) is 5.32 Å². The molecule has 0 unspecified atom stereocenters. The van der Waals surface area contributed by atoms with E-state index in [9.17, 15) is 0 Å². The van der Waals surface area contributed by atoms with E-state index in [1.807, 2.05) is 6.21 Å². The van der Waals surface area contributed by atoms with E-state index in [2.05, 4.69) is 23.3 Å². The Bertz CT molecular complexity index is 159. The number of hydrogen-bond donors (Lipinski definition) is 1. The molecule has 2 nitrogen and oxygen atoms in total. The summed E-state index contributed by atoms with van der Waals surface area (Å²) >= 11 is 0. The fourth-order valence-corrected chi connectivity index (χ4v) is 1.14. The van der Waals surface area contributed by atoms with E-state index in [1.54, 1.807) is 0 Å². The Morgan fingerprint density at radius 3 is 3.09 bits per heavy atom. The van der Waals surface area contributed by atoms with Crippen LogP contribution in [-0.4, -0.2) is 12.9 Å². The SMILES string of the molecule is CCCCCC1=CC=NCN1. The number of nitrogens with one attached hydrogen (secondary N) is 1. The minimum absolute atomic E-state index is 0.762. The molecular weight excluding hydrogens is 136 g/mol. The van der Waals surface area contributed by atoms with Crippen LogP contribution in [0, 0.1) is 0 Å². The predicted octanol–water partition coefficient (Wildman–Crippen LogP) is 2.08. The van der Waals surface area contributed by atoms with Gasteiger partial charge in [-0.05, 0) is 18.9 Å². The Morgan fingerprint density at radius 2 is 2.45 bits per heavy atom. The first-order valence-electron chi connectivity index (χ1n) is 4.36. The molecule has 1 heterocycles. The van der Waals surface area contributed by atoms with Gasteiger partial charge in [-0.2, -0.15) is 0 Å². The Hall–Kier alpha value is -0.790. The molecule has 1 aliphatic rings. The average Bonchev–Trinajstić information content (AvgIpc) is 2.07. The van der Waals surface area contributed by atoms with Gasteiger partial charge in [0, 0.05) is 11.9 Å². The molecule has 0 aromatic heterocycles. The molecule has 0 aromatic carbocycles. The van der Waals surface area contributed by atoms with Crippen LogP contribution < -0.4 is 5.32 Å². The fraction of sp³-hybridized carbons (Fsp3) is 0.667. The molecule has 0 aromatic rings. The highest BCUT2D eigenvalue weighted by molar-refractivity contribution is 5.72. The van der Waals surface area contributed by atoms with Crippen molar-refractivity contribution in [2.24, 2.45) is 4.99 Å². The van der Waals surface area contributed by atoms with Gasteiger partial charge in [0.05, 0.1) is 0 Å². The van der Waals surface area contributed by atoms with Crippen LogP contribution in [0.4, 0.5) is 0 Å². The van der Waals surface area contributed by atoms with Gasteiger partial charge in [0.15, 0.2) is 0 Å². The maximum atomic E-state index is 4.04. The third-order valence-corrected chi connectivity index (χ3v) is 1.83. The van der Waals surface area contributed by atoms with Crippen molar-refractivity contribution in [1.29, 1.82) is 0 Å². The van der Waals surface area contributed by atoms with E-state index in [4.69, 9.17) is 0 Å². The molecule has 0 saturated carbocycles. The maximum absolute atomic E-state index is 4.04. The highest BCUT2D eigenvalue weighted by Crippen LogP contribution is 2.06. The second-order valence-corrected chi connectivity index (χ2v) is 2.82. The lowest BCUT2D eigenvalue weighted by Gasteiger charge is -2.10. The summed E-state index contributed by atoms with van der Waals surface area (Å²) in [6, 6.07) is 0. The van der Waals surface area contributed by atoms with Gasteiger partial charge in [0.1, 0.15) is 6.67 Å². The minimum atomic E-state index is 0.762. The van der Waals surface area contributed by atoms with Crippen LogP contribution in [0.5, 0.6) is 0 Å². The normalized spacial score (nSPS) is 15.9. The Labute approximate surface area is 68.4 Å². The monoisotopic (exact) mass is 152 g/mol. The highest BCUT2D eigenvalue weighted by atomic mass is 15.0. The van der Waals surface area contributed by atoms with Crippen LogP contribution in [-0.2, 0) is 0 Å². The number of hydrogen-bond acceptors (Lipinski definition) is 2. The van der Waals surface area contributed by atoms with Crippen LogP contribution in [0.25, 0.3) is 0 Å². The molecule has 2 heteroatoms. The summed E-state index contributed by atoms with van der Waals surface area (Å²) in [4.78, 5) is 4.04. The number of unbranched alkanes of at least 4 members (excludes halogenated alkanes) is 2. The van der Waals surface area contributed by atoms with Crippen molar-refractivity contribution in [2.45, 2.75) is 32.6 Å². The van der Waals surface area contributed by atoms with Crippen molar-refractivity contribution in [2.75, 3.05) is 6.67 Å². The quantitative estimate of drug-likeness (QED) is 0.613. The molecule has 0 amide bonds. The van der Waals surface area contributed by atoms with Gasteiger partial charge in [0.2, 0.25) is 0 Å². The summed E-state index contributed by atoms with van der Waals surface area (Å²) in [5.41, 5.74) is 1.34. The summed E-state index contributed by atoms with van der Waals surface area (Å²) in [6.45, 7) is 2.99. The molecule has 0 spiro atoms. The van der Waals surface area contributed by atoms with Crippen molar-refractivity contribution in [3.8, 4) is 0 Å². The Balaban J connectivity index is 2.15. The Kier molecular flexibility index (Phi) is 3.73. The second-order valence-electron chi connectivity index (χ2n) is 2.82. The van der Waals surface area contributed by atoms with E-state index in [1.165, 1.54) is 31.4 Å². The summed E-state index contributed by atoms with van der Waals surface area (Å²) in [7, 11) is 0. The van der Waals surface area contributed by atoms with Gasteiger partial charge in [-0.3, -0.25) is 4.99 Å². The molecule has 0 radical (unpaired) electrons. The van der Waals surface area contributed by atoms with Gasteiger partial charge in [-0.1, -0.05) is 19.8 Å². The molecule has 0 bridgehead atoms. The topological polar surface area (TPSA) is 24.4 Å². The van der Waals surface area contributed by atoms with Crippen molar-refractivity contribution in [3.05, 3.63) is 11.8 Å². The van der Waals surface area contributed by atoms with Crippen molar-refractivity contribution in [3.63, 3.8) is 0 Å². The van der Waals surface area contributed by atoms with E-state index in [0.717, 1.165) is 6.67 Å². The van der Waals surface area contributed by atoms with Crippen LogP contribution in [0.2, 0.25) is 0 Å². The summed E-state index contributed by atoms with van der Waals surface area (Å²) in [5.74, 6) is 0. The average molecular weight is 152 g/mol. The lowest BCUT2D eigenvalue weighted by Crippen LogP contribution is -2.16. The predicted molar refractivity (Wildman–Crippen MR) is 48.7 cm³/mol. The largest absolute Gasteiger partial charge is 0.370 e. The van der Waals surface area contributed by atoms with Crippen LogP contribution in [0.1, 0.15) is 32.6 Å². The smallest absolute Gasteiger partial charge is 0.107 e. The summed E-state index contributed by atoms with van der Waals surface area (Å²) in [5, 5.41) is 3.24. The lowest BCUT2D eigenvalue weighted by atomic mass is 10.1. The third-order valence-electron chi connectivity index (χ3n) is 1.83. The van der Waals surface area contributed by atoms with Gasteiger partial charge in [-0.25, -0.2) is 0 Å². The summed E-state index contributed by atoms with van der Waals surface area (Å²) in [6.07, 6.45) is 9.05. The maximum Gasteiger partial charge on any atom is 0.107 e. The van der Waals surface area contributed by atoms with E-state index < -0.39 is 0 Å². The molecule has 1 aliphatic heterocycles. The molecule has 0 saturated heterocycles. The van der Waals surface area contributed by atoms with E-state index in [-0.39, 0.29) is 0 Å². The van der Waals surface area contributed by atoms with Crippen LogP contribution in [0.3, 0.4) is 0 Å². The number of allylic oxidation sites excluding steroid dienone is 2. The number of nitrogens with zero attached hydrogens (tertiary/aromatic N) is 1. The zero-order chi connectivity index (χ0) is 7.94.